The summed E-state index contributed by atoms with van der Waals surface area (Å²) >= 11 is 0. The Labute approximate surface area is 183 Å². The molecule has 2 fully saturated rings. The van der Waals surface area contributed by atoms with Gasteiger partial charge in [0.1, 0.15) is 5.54 Å². The normalized spacial score (nSPS) is 24.4. The van der Waals surface area contributed by atoms with Gasteiger partial charge in [-0.25, -0.2) is 4.79 Å². The van der Waals surface area contributed by atoms with E-state index in [2.05, 4.69) is 57.2 Å². The molecule has 2 N–H and O–H groups in total. The molecular formula is C25H20N4O3. The summed E-state index contributed by atoms with van der Waals surface area (Å²) in [5.41, 5.74) is 1.69. The molecule has 1 aromatic heterocycles. The molecule has 1 saturated carbocycles. The molecule has 3 atom stereocenters. The number of hydrogen-bond donors (Lipinski definition) is 2. The zero-order valence-corrected chi connectivity index (χ0v) is 17.3. The average molecular weight is 424 g/mol. The zero-order chi connectivity index (χ0) is 21.9. The van der Waals surface area contributed by atoms with E-state index in [1.165, 1.54) is 16.3 Å². The number of carbonyl (C=O) groups excluding carboxylic acids is 2. The van der Waals surface area contributed by atoms with Crippen molar-refractivity contribution in [1.82, 2.24) is 20.8 Å². The molecule has 1 saturated heterocycles. The van der Waals surface area contributed by atoms with Crippen molar-refractivity contribution >= 4 is 22.7 Å². The third-order valence-corrected chi connectivity index (χ3v) is 6.52. The molecule has 4 aromatic rings. The lowest BCUT2D eigenvalue weighted by Crippen LogP contribution is -2.40. The topological polar surface area (TPSA) is 97.1 Å². The first-order chi connectivity index (χ1) is 15.5. The van der Waals surface area contributed by atoms with Crippen LogP contribution in [0, 0.1) is 0 Å². The second-order valence-corrected chi connectivity index (χ2v) is 8.62. The van der Waals surface area contributed by atoms with Gasteiger partial charge in [0.15, 0.2) is 0 Å². The molecule has 0 radical (unpaired) electrons. The van der Waals surface area contributed by atoms with Crippen LogP contribution in [0.25, 0.3) is 22.2 Å². The standard InChI is InChI=1S/C25H20N4O3/c1-25(23(30)27-24(31)28-25)18-10-8-15(9-11-18)21-26-22(32-29-21)20-13-19(20)17-7-6-14-4-2-3-5-16(14)12-17/h2-12,19-20H,13H2,1H3,(H2,27,28,30,31). The third kappa shape index (κ3) is 2.97. The molecule has 1 aliphatic carbocycles. The Kier molecular flexibility index (Phi) is 3.95. The number of urea groups is 1. The summed E-state index contributed by atoms with van der Waals surface area (Å²) in [4.78, 5) is 28.3. The molecule has 7 heteroatoms. The fourth-order valence-electron chi connectivity index (χ4n) is 4.48. The molecule has 7 nitrogen and oxygen atoms in total. The van der Waals surface area contributed by atoms with Crippen molar-refractivity contribution in [2.75, 3.05) is 0 Å². The zero-order valence-electron chi connectivity index (χ0n) is 17.3. The summed E-state index contributed by atoms with van der Waals surface area (Å²) in [7, 11) is 0. The van der Waals surface area contributed by atoms with Crippen molar-refractivity contribution in [2.24, 2.45) is 0 Å². The van der Waals surface area contributed by atoms with Gasteiger partial charge in [-0.1, -0.05) is 71.9 Å². The van der Waals surface area contributed by atoms with Gasteiger partial charge in [-0.15, -0.1) is 0 Å². The predicted octanol–water partition coefficient (Wildman–Crippen LogP) is 4.22. The van der Waals surface area contributed by atoms with Crippen LogP contribution in [0.2, 0.25) is 0 Å². The Bertz CT molecular complexity index is 1380. The summed E-state index contributed by atoms with van der Waals surface area (Å²) < 4.78 is 5.58. The Morgan fingerprint density at radius 2 is 1.75 bits per heavy atom. The van der Waals surface area contributed by atoms with E-state index in [1.54, 1.807) is 19.1 Å². The molecule has 0 bridgehead atoms. The predicted molar refractivity (Wildman–Crippen MR) is 118 cm³/mol. The number of nitrogens with one attached hydrogen (secondary N) is 2. The van der Waals surface area contributed by atoms with Gasteiger partial charge in [0.05, 0.1) is 0 Å². The van der Waals surface area contributed by atoms with Gasteiger partial charge >= 0.3 is 6.03 Å². The van der Waals surface area contributed by atoms with Crippen LogP contribution < -0.4 is 10.6 Å². The van der Waals surface area contributed by atoms with Crippen LogP contribution in [-0.4, -0.2) is 22.1 Å². The van der Waals surface area contributed by atoms with Crippen molar-refractivity contribution in [1.29, 1.82) is 0 Å². The minimum absolute atomic E-state index is 0.230. The average Bonchev–Trinajstić information content (AvgIpc) is 3.36. The first kappa shape index (κ1) is 18.7. The number of fused-ring (bicyclic) bond motifs is 1. The minimum atomic E-state index is -1.08. The van der Waals surface area contributed by atoms with Crippen LogP contribution in [0.1, 0.15) is 42.2 Å². The number of rotatable bonds is 4. The molecule has 0 spiro atoms. The lowest BCUT2D eigenvalue weighted by atomic mass is 9.91. The number of imide groups is 1. The van der Waals surface area contributed by atoms with E-state index >= 15 is 0 Å². The number of benzene rings is 3. The maximum Gasteiger partial charge on any atom is 0.322 e. The Balaban J connectivity index is 1.20. The summed E-state index contributed by atoms with van der Waals surface area (Å²) in [5, 5.41) is 11.6. The lowest BCUT2D eigenvalue weighted by Gasteiger charge is -2.20. The van der Waals surface area contributed by atoms with Crippen molar-refractivity contribution in [3.63, 3.8) is 0 Å². The molecule has 3 aromatic carbocycles. The smallest absolute Gasteiger partial charge is 0.322 e. The largest absolute Gasteiger partial charge is 0.339 e. The van der Waals surface area contributed by atoms with Crippen LogP contribution in [0.4, 0.5) is 4.79 Å². The maximum absolute atomic E-state index is 12.1. The number of aromatic nitrogens is 2. The fraction of sp³-hybridized carbons (Fsp3) is 0.200. The Morgan fingerprint density at radius 1 is 0.969 bits per heavy atom. The van der Waals surface area contributed by atoms with Crippen molar-refractivity contribution < 1.29 is 14.1 Å². The van der Waals surface area contributed by atoms with E-state index in [0.29, 0.717) is 23.2 Å². The third-order valence-electron chi connectivity index (χ3n) is 6.52. The van der Waals surface area contributed by atoms with Gasteiger partial charge in [-0.05, 0) is 41.2 Å². The highest BCUT2D eigenvalue weighted by Crippen LogP contribution is 2.54. The van der Waals surface area contributed by atoms with Gasteiger partial charge in [-0.3, -0.25) is 10.1 Å². The van der Waals surface area contributed by atoms with E-state index in [9.17, 15) is 9.59 Å². The summed E-state index contributed by atoms with van der Waals surface area (Å²) in [6, 6.07) is 21.7. The van der Waals surface area contributed by atoms with Crippen LogP contribution in [0.15, 0.2) is 71.3 Å². The van der Waals surface area contributed by atoms with Crippen LogP contribution in [-0.2, 0) is 10.3 Å². The quantitative estimate of drug-likeness (QED) is 0.478. The highest BCUT2D eigenvalue weighted by Gasteiger charge is 2.44. The minimum Gasteiger partial charge on any atom is -0.339 e. The van der Waals surface area contributed by atoms with Gasteiger partial charge in [-0.2, -0.15) is 4.98 Å². The molecular weight excluding hydrogens is 404 g/mol. The molecule has 1 aliphatic heterocycles. The van der Waals surface area contributed by atoms with Gasteiger partial charge < -0.3 is 9.84 Å². The second-order valence-electron chi connectivity index (χ2n) is 8.62. The molecule has 158 valence electrons. The number of amides is 3. The van der Waals surface area contributed by atoms with E-state index in [4.69, 9.17) is 4.52 Å². The second kappa shape index (κ2) is 6.75. The van der Waals surface area contributed by atoms with Crippen LogP contribution >= 0.6 is 0 Å². The highest BCUT2D eigenvalue weighted by molar-refractivity contribution is 6.07. The SMILES string of the molecule is CC1(c2ccc(-c3noc(C4CC4c4ccc5ccccc5c4)n3)cc2)NC(=O)NC1=O. The first-order valence-electron chi connectivity index (χ1n) is 10.6. The molecule has 6 rings (SSSR count). The van der Waals surface area contributed by atoms with Gasteiger partial charge in [0, 0.05) is 11.5 Å². The number of hydrogen-bond acceptors (Lipinski definition) is 5. The van der Waals surface area contributed by atoms with E-state index in [0.717, 1.165) is 12.0 Å². The Hall–Kier alpha value is -4.00. The van der Waals surface area contributed by atoms with Gasteiger partial charge in [0.25, 0.3) is 5.91 Å². The van der Waals surface area contributed by atoms with Crippen LogP contribution in [0.5, 0.6) is 0 Å². The number of carbonyl (C=O) groups is 2. The lowest BCUT2D eigenvalue weighted by molar-refractivity contribution is -0.123. The van der Waals surface area contributed by atoms with E-state index in [-0.39, 0.29) is 11.8 Å². The van der Waals surface area contributed by atoms with Crippen LogP contribution in [0.3, 0.4) is 0 Å². The number of nitrogens with zero attached hydrogens (tertiary/aromatic N) is 2. The molecule has 3 amide bonds. The van der Waals surface area contributed by atoms with E-state index < -0.39 is 11.6 Å². The maximum atomic E-state index is 12.1. The monoisotopic (exact) mass is 424 g/mol. The summed E-state index contributed by atoms with van der Waals surface area (Å²) in [6.07, 6.45) is 0.992. The van der Waals surface area contributed by atoms with Crippen molar-refractivity contribution in [3.8, 4) is 11.4 Å². The molecule has 2 heterocycles. The first-order valence-corrected chi connectivity index (χ1v) is 10.6. The van der Waals surface area contributed by atoms with Crippen molar-refractivity contribution in [3.05, 3.63) is 83.7 Å². The molecule has 3 unspecified atom stereocenters. The fourth-order valence-corrected chi connectivity index (χ4v) is 4.48. The Morgan fingerprint density at radius 3 is 2.50 bits per heavy atom. The molecule has 32 heavy (non-hydrogen) atoms. The van der Waals surface area contributed by atoms with Crippen molar-refractivity contribution in [2.45, 2.75) is 30.7 Å². The summed E-state index contributed by atoms with van der Waals surface area (Å²) in [6.45, 7) is 1.68. The highest BCUT2D eigenvalue weighted by atomic mass is 16.5. The van der Waals surface area contributed by atoms with E-state index in [1.807, 2.05) is 18.2 Å². The molecule has 2 aliphatic rings. The van der Waals surface area contributed by atoms with Gasteiger partial charge in [0.2, 0.25) is 11.7 Å². The summed E-state index contributed by atoms with van der Waals surface area (Å²) in [5.74, 6) is 1.41.